The predicted molar refractivity (Wildman–Crippen MR) is 122 cm³/mol. The summed E-state index contributed by atoms with van der Waals surface area (Å²) in [4.78, 5) is 9.93. The van der Waals surface area contributed by atoms with E-state index in [1.807, 2.05) is 12.1 Å². The quantitative estimate of drug-likeness (QED) is 0.399. The number of benzene rings is 2. The van der Waals surface area contributed by atoms with Crippen LogP contribution in [0.25, 0.3) is 16.9 Å². The summed E-state index contributed by atoms with van der Waals surface area (Å²) in [5.41, 5.74) is 0.699. The second-order valence-electron chi connectivity index (χ2n) is 7.88. The summed E-state index contributed by atoms with van der Waals surface area (Å²) in [6, 6.07) is 12.5. The molecule has 0 bridgehead atoms. The summed E-state index contributed by atoms with van der Waals surface area (Å²) in [5, 5.41) is 7.13. The molecule has 180 valence electrons. The number of rotatable bonds is 5. The Hall–Kier alpha value is -3.99. The molecule has 1 saturated heterocycles. The van der Waals surface area contributed by atoms with Crippen LogP contribution < -0.4 is 10.2 Å². The van der Waals surface area contributed by atoms with E-state index in [1.165, 1.54) is 6.07 Å². The van der Waals surface area contributed by atoms with Crippen LogP contribution in [0.3, 0.4) is 0 Å². The Bertz CT molecular complexity index is 1300. The smallest absolute Gasteiger partial charge is 0.378 e. The Balaban J connectivity index is 1.47. The number of nitrogens with zero attached hydrogens (tertiary/aromatic N) is 5. The van der Waals surface area contributed by atoms with Crippen molar-refractivity contribution in [2.75, 3.05) is 36.5 Å². The molecule has 1 N–H and O–H groups in total. The zero-order chi connectivity index (χ0) is 24.4. The van der Waals surface area contributed by atoms with Gasteiger partial charge < -0.3 is 15.0 Å². The Labute approximate surface area is 198 Å². The lowest BCUT2D eigenvalue weighted by molar-refractivity contribution is -0.137. The molecule has 0 aliphatic carbocycles. The molecule has 0 atom stereocenters. The van der Waals surface area contributed by atoms with Crippen molar-refractivity contribution in [3.8, 4) is 16.9 Å². The number of hydrogen-bond donors (Lipinski definition) is 1. The van der Waals surface area contributed by atoms with Gasteiger partial charge in [-0.15, -0.1) is 0 Å². The fourth-order valence-corrected chi connectivity index (χ4v) is 3.79. The predicted octanol–water partition coefficient (Wildman–Crippen LogP) is 5.07. The molecule has 1 aliphatic heterocycles. The largest absolute Gasteiger partial charge is 0.416 e. The zero-order valence-corrected chi connectivity index (χ0v) is 18.3. The molecule has 0 radical (unpaired) electrons. The molecule has 0 unspecified atom stereocenters. The van der Waals surface area contributed by atoms with Gasteiger partial charge in [-0.2, -0.15) is 18.3 Å². The molecule has 2 aromatic carbocycles. The number of ether oxygens (including phenoxy) is 1. The lowest BCUT2D eigenvalue weighted by Crippen LogP contribution is -2.36. The third-order valence-corrected chi connectivity index (χ3v) is 5.53. The molecule has 3 heterocycles. The first-order chi connectivity index (χ1) is 16.9. The maximum atomic E-state index is 14.7. The van der Waals surface area contributed by atoms with Gasteiger partial charge in [0.2, 0.25) is 5.95 Å². The van der Waals surface area contributed by atoms with Crippen LogP contribution in [0.2, 0.25) is 0 Å². The molecule has 35 heavy (non-hydrogen) atoms. The topological polar surface area (TPSA) is 68.1 Å². The second-order valence-corrected chi connectivity index (χ2v) is 7.88. The summed E-state index contributed by atoms with van der Waals surface area (Å²) >= 11 is 0. The Morgan fingerprint density at radius 3 is 2.43 bits per heavy atom. The molecule has 2 aromatic heterocycles. The number of aromatic nitrogens is 4. The maximum absolute atomic E-state index is 14.7. The van der Waals surface area contributed by atoms with Gasteiger partial charge in [0.1, 0.15) is 5.69 Å². The Morgan fingerprint density at radius 1 is 0.971 bits per heavy atom. The van der Waals surface area contributed by atoms with Crippen LogP contribution in [0.4, 0.5) is 34.9 Å². The van der Waals surface area contributed by atoms with Crippen molar-refractivity contribution in [3.05, 3.63) is 78.5 Å². The number of hydrogen-bond acceptors (Lipinski definition) is 6. The number of morpholine rings is 1. The Kier molecular flexibility index (Phi) is 6.08. The van der Waals surface area contributed by atoms with Crippen molar-refractivity contribution >= 4 is 17.3 Å². The van der Waals surface area contributed by atoms with E-state index in [0.717, 1.165) is 24.0 Å². The molecule has 0 saturated carbocycles. The van der Waals surface area contributed by atoms with Crippen LogP contribution >= 0.6 is 0 Å². The number of nitrogens with one attached hydrogen (secondary N) is 1. The summed E-state index contributed by atoms with van der Waals surface area (Å²) in [6.07, 6.45) is -0.189. The van der Waals surface area contributed by atoms with E-state index < -0.39 is 17.6 Å². The molecular weight excluding hydrogens is 464 g/mol. The fraction of sp³-hybridized carbons (Fsp3) is 0.208. The van der Waals surface area contributed by atoms with E-state index >= 15 is 0 Å². The maximum Gasteiger partial charge on any atom is 0.416 e. The van der Waals surface area contributed by atoms with E-state index in [0.29, 0.717) is 37.7 Å². The van der Waals surface area contributed by atoms with Gasteiger partial charge in [0.25, 0.3) is 0 Å². The van der Waals surface area contributed by atoms with Crippen molar-refractivity contribution in [1.29, 1.82) is 0 Å². The minimum absolute atomic E-state index is 0.0123. The first kappa shape index (κ1) is 22.8. The molecule has 5 rings (SSSR count). The molecule has 0 spiro atoms. The van der Waals surface area contributed by atoms with Gasteiger partial charge in [-0.05, 0) is 48.5 Å². The lowest BCUT2D eigenvalue weighted by atomic mass is 10.0. The number of halogens is 4. The molecule has 1 aliphatic rings. The third-order valence-electron chi connectivity index (χ3n) is 5.53. The van der Waals surface area contributed by atoms with Gasteiger partial charge in [0, 0.05) is 42.4 Å². The summed E-state index contributed by atoms with van der Waals surface area (Å²) in [6.45, 7) is 1.68. The van der Waals surface area contributed by atoms with Crippen molar-refractivity contribution < 1.29 is 22.3 Å². The molecule has 1 fully saturated rings. The summed E-state index contributed by atoms with van der Waals surface area (Å²) < 4.78 is 62.6. The van der Waals surface area contributed by atoms with Crippen LogP contribution in [0.5, 0.6) is 0 Å². The average molecular weight is 484 g/mol. The van der Waals surface area contributed by atoms with Crippen LogP contribution in [0, 0.1) is 5.82 Å². The lowest BCUT2D eigenvalue weighted by Gasteiger charge is -2.29. The van der Waals surface area contributed by atoms with Crippen LogP contribution in [0.15, 0.2) is 67.1 Å². The SMILES string of the molecule is Fc1cnc(Nc2ccc(-n3cccn3)cc2)nc1-c1cc(N2CCOCC2)cc(C(F)(F)F)c1. The van der Waals surface area contributed by atoms with E-state index in [2.05, 4.69) is 20.4 Å². The molecule has 11 heteroatoms. The van der Waals surface area contributed by atoms with E-state index in [1.54, 1.807) is 40.2 Å². The normalized spacial score (nSPS) is 14.2. The van der Waals surface area contributed by atoms with Crippen molar-refractivity contribution in [2.24, 2.45) is 0 Å². The third kappa shape index (κ3) is 5.09. The minimum Gasteiger partial charge on any atom is -0.378 e. The number of anilines is 3. The second kappa shape index (κ2) is 9.34. The molecule has 0 amide bonds. The highest BCUT2D eigenvalue weighted by Gasteiger charge is 2.32. The van der Waals surface area contributed by atoms with Crippen molar-refractivity contribution in [2.45, 2.75) is 6.18 Å². The first-order valence-electron chi connectivity index (χ1n) is 10.8. The average Bonchev–Trinajstić information content (AvgIpc) is 3.40. The van der Waals surface area contributed by atoms with Crippen LogP contribution in [0.1, 0.15) is 5.56 Å². The van der Waals surface area contributed by atoms with Gasteiger partial charge in [0.15, 0.2) is 5.82 Å². The summed E-state index contributed by atoms with van der Waals surface area (Å²) in [5.74, 6) is -0.768. The van der Waals surface area contributed by atoms with Gasteiger partial charge in [0.05, 0.1) is 30.7 Å². The number of alkyl halides is 3. The molecule has 7 nitrogen and oxygen atoms in total. The monoisotopic (exact) mass is 484 g/mol. The van der Waals surface area contributed by atoms with Crippen molar-refractivity contribution in [3.63, 3.8) is 0 Å². The van der Waals surface area contributed by atoms with E-state index in [-0.39, 0.29) is 17.2 Å². The van der Waals surface area contributed by atoms with Gasteiger partial charge in [-0.25, -0.2) is 19.0 Å². The highest BCUT2D eigenvalue weighted by Crippen LogP contribution is 2.36. The van der Waals surface area contributed by atoms with Gasteiger partial charge in [-0.1, -0.05) is 0 Å². The van der Waals surface area contributed by atoms with E-state index in [4.69, 9.17) is 4.74 Å². The van der Waals surface area contributed by atoms with Crippen LogP contribution in [-0.2, 0) is 10.9 Å². The van der Waals surface area contributed by atoms with Crippen LogP contribution in [-0.4, -0.2) is 46.1 Å². The Morgan fingerprint density at radius 2 is 1.74 bits per heavy atom. The summed E-state index contributed by atoms with van der Waals surface area (Å²) in [7, 11) is 0. The minimum atomic E-state index is -4.60. The fourth-order valence-electron chi connectivity index (χ4n) is 3.79. The van der Waals surface area contributed by atoms with Gasteiger partial charge >= 0.3 is 6.18 Å². The zero-order valence-electron chi connectivity index (χ0n) is 18.3. The molecular formula is C24H20F4N6O. The van der Waals surface area contributed by atoms with Crippen molar-refractivity contribution in [1.82, 2.24) is 19.7 Å². The first-order valence-corrected chi connectivity index (χ1v) is 10.8. The highest BCUT2D eigenvalue weighted by molar-refractivity contribution is 5.69. The van der Waals surface area contributed by atoms with Gasteiger partial charge in [-0.3, -0.25) is 0 Å². The standard InChI is InChI=1S/C24H20F4N6O/c25-21-15-29-23(31-18-2-4-19(5-3-18)34-7-1-6-30-34)32-22(21)16-12-17(24(26,27)28)14-20(13-16)33-8-10-35-11-9-33/h1-7,12-15H,8-11H2,(H,29,31,32). The highest BCUT2D eigenvalue weighted by atomic mass is 19.4. The van der Waals surface area contributed by atoms with E-state index in [9.17, 15) is 17.6 Å². The molecule has 4 aromatic rings.